The Bertz CT molecular complexity index is 289. The molecule has 0 aromatic rings. The Morgan fingerprint density at radius 2 is 1.58 bits per heavy atom. The third-order valence-corrected chi connectivity index (χ3v) is 5.52. The van der Waals surface area contributed by atoms with Crippen molar-refractivity contribution in [2.75, 3.05) is 41.0 Å². The molecule has 0 aliphatic carbocycles. The van der Waals surface area contributed by atoms with Gasteiger partial charge in [-0.15, -0.1) is 0 Å². The van der Waals surface area contributed by atoms with Crippen LogP contribution in [-0.4, -0.2) is 66.5 Å². The van der Waals surface area contributed by atoms with E-state index in [0.29, 0.717) is 25.7 Å². The molecule has 19 heavy (non-hydrogen) atoms. The minimum atomic E-state index is -2.67. The van der Waals surface area contributed by atoms with Crippen molar-refractivity contribution in [3.05, 3.63) is 0 Å². The summed E-state index contributed by atoms with van der Waals surface area (Å²) in [4.78, 5) is 23.9. The van der Waals surface area contributed by atoms with Crippen LogP contribution in [0, 0.1) is 0 Å². The van der Waals surface area contributed by atoms with Gasteiger partial charge < -0.3 is 23.5 Å². The van der Waals surface area contributed by atoms with Crippen molar-refractivity contribution < 1.29 is 22.9 Å². The van der Waals surface area contributed by atoms with E-state index >= 15 is 0 Å². The van der Waals surface area contributed by atoms with Crippen LogP contribution < -0.4 is 5.32 Å². The summed E-state index contributed by atoms with van der Waals surface area (Å²) in [5.41, 5.74) is 0. The zero-order chi connectivity index (χ0) is 14.9. The lowest BCUT2D eigenvalue weighted by molar-refractivity contribution is -0.129. The van der Waals surface area contributed by atoms with E-state index in [1.54, 1.807) is 4.90 Å². The summed E-state index contributed by atoms with van der Waals surface area (Å²) in [5, 5.41) is 2.65. The highest BCUT2D eigenvalue weighted by atomic mass is 28.4. The van der Waals surface area contributed by atoms with E-state index in [1.165, 1.54) is 35.2 Å². The number of rotatable bonds is 9. The topological polar surface area (TPSA) is 77.1 Å². The molecule has 1 N–H and O–H groups in total. The van der Waals surface area contributed by atoms with Gasteiger partial charge in [0.15, 0.2) is 0 Å². The Kier molecular flexibility index (Phi) is 8.57. The van der Waals surface area contributed by atoms with Crippen LogP contribution in [0.25, 0.3) is 0 Å². The van der Waals surface area contributed by atoms with Gasteiger partial charge in [-0.25, -0.2) is 0 Å². The fourth-order valence-corrected chi connectivity index (χ4v) is 3.28. The molecule has 7 nitrogen and oxygen atoms in total. The summed E-state index contributed by atoms with van der Waals surface area (Å²) in [6.07, 6.45) is 0. The van der Waals surface area contributed by atoms with Gasteiger partial charge in [0.05, 0.1) is 0 Å². The number of hydrogen-bond donors (Lipinski definition) is 1. The van der Waals surface area contributed by atoms with Gasteiger partial charge in [-0.3, -0.25) is 9.59 Å². The van der Waals surface area contributed by atoms with Gasteiger partial charge in [-0.2, -0.15) is 0 Å². The quantitative estimate of drug-likeness (QED) is 0.598. The first kappa shape index (κ1) is 18.0. The number of carbonyl (C=O) groups excluding carboxylic acids is 2. The molecule has 0 saturated carbocycles. The predicted molar refractivity (Wildman–Crippen MR) is 72.5 cm³/mol. The van der Waals surface area contributed by atoms with Crippen molar-refractivity contribution >= 4 is 20.6 Å². The van der Waals surface area contributed by atoms with Crippen LogP contribution in [0.1, 0.15) is 13.8 Å². The maximum atomic E-state index is 11.5. The average Bonchev–Trinajstić information content (AvgIpc) is 2.38. The van der Waals surface area contributed by atoms with E-state index in [-0.39, 0.29) is 11.8 Å². The fraction of sp³-hybridized carbons (Fsp3) is 0.818. The van der Waals surface area contributed by atoms with Gasteiger partial charge in [0.25, 0.3) is 0 Å². The van der Waals surface area contributed by atoms with Crippen LogP contribution in [-0.2, 0) is 22.9 Å². The Morgan fingerprint density at radius 1 is 1.05 bits per heavy atom. The van der Waals surface area contributed by atoms with Crippen molar-refractivity contribution in [3.8, 4) is 0 Å². The van der Waals surface area contributed by atoms with Crippen LogP contribution in [0.5, 0.6) is 0 Å². The number of nitrogens with one attached hydrogen (secondary N) is 1. The maximum absolute atomic E-state index is 11.5. The van der Waals surface area contributed by atoms with E-state index in [9.17, 15) is 9.59 Å². The van der Waals surface area contributed by atoms with Crippen LogP contribution in [0.2, 0.25) is 6.04 Å². The highest BCUT2D eigenvalue weighted by molar-refractivity contribution is 6.60. The van der Waals surface area contributed by atoms with E-state index in [1.807, 2.05) is 0 Å². The van der Waals surface area contributed by atoms with Crippen LogP contribution in [0.4, 0.5) is 0 Å². The molecule has 0 aliphatic rings. The van der Waals surface area contributed by atoms with Crippen molar-refractivity contribution in [1.82, 2.24) is 10.2 Å². The zero-order valence-electron chi connectivity index (χ0n) is 12.3. The van der Waals surface area contributed by atoms with Crippen molar-refractivity contribution in [2.24, 2.45) is 0 Å². The van der Waals surface area contributed by atoms with Gasteiger partial charge in [0, 0.05) is 60.9 Å². The summed E-state index contributed by atoms with van der Waals surface area (Å²) in [5.74, 6) is -0.172. The SMILES string of the molecule is CO[Si](CCN(CCNC(C)=O)C(C)=O)(OC)OC. The minimum Gasteiger partial charge on any atom is -0.377 e. The summed E-state index contributed by atoms with van der Waals surface area (Å²) in [7, 11) is 1.94. The molecule has 0 fully saturated rings. The highest BCUT2D eigenvalue weighted by Gasteiger charge is 2.38. The van der Waals surface area contributed by atoms with Crippen LogP contribution in [0.3, 0.4) is 0 Å². The molecule has 0 heterocycles. The Hall–Kier alpha value is -0.963. The minimum absolute atomic E-state index is 0.0587. The molecular formula is C11H24N2O5Si. The predicted octanol–water partition coefficient (Wildman–Crippen LogP) is -0.151. The molecular weight excluding hydrogens is 268 g/mol. The molecule has 0 rings (SSSR count). The monoisotopic (exact) mass is 292 g/mol. The lowest BCUT2D eigenvalue weighted by Crippen LogP contribution is -2.47. The van der Waals surface area contributed by atoms with E-state index in [0.717, 1.165) is 0 Å². The van der Waals surface area contributed by atoms with Gasteiger partial charge in [0.1, 0.15) is 0 Å². The Labute approximate surface area is 115 Å². The van der Waals surface area contributed by atoms with Crippen molar-refractivity contribution in [2.45, 2.75) is 19.9 Å². The first-order valence-corrected chi connectivity index (χ1v) is 7.99. The number of carbonyl (C=O) groups is 2. The van der Waals surface area contributed by atoms with Gasteiger partial charge >= 0.3 is 8.80 Å². The van der Waals surface area contributed by atoms with E-state index in [2.05, 4.69) is 5.32 Å². The Balaban J connectivity index is 4.34. The third-order valence-electron chi connectivity index (χ3n) is 2.82. The summed E-state index contributed by atoms with van der Waals surface area (Å²) < 4.78 is 15.9. The summed E-state index contributed by atoms with van der Waals surface area (Å²) in [6, 6.07) is 0.510. The largest absolute Gasteiger partial charge is 0.501 e. The number of amides is 2. The average molecular weight is 292 g/mol. The Morgan fingerprint density at radius 3 is 1.95 bits per heavy atom. The first-order valence-electron chi connectivity index (χ1n) is 6.06. The molecule has 2 amide bonds. The van der Waals surface area contributed by atoms with Crippen LogP contribution >= 0.6 is 0 Å². The normalized spacial score (nSPS) is 11.2. The van der Waals surface area contributed by atoms with Gasteiger partial charge in [0.2, 0.25) is 11.8 Å². The molecule has 8 heteroatoms. The van der Waals surface area contributed by atoms with Gasteiger partial charge in [-0.1, -0.05) is 0 Å². The second kappa shape index (κ2) is 9.02. The molecule has 0 atom stereocenters. The van der Waals surface area contributed by atoms with E-state index in [4.69, 9.17) is 13.3 Å². The lowest BCUT2D eigenvalue weighted by atomic mass is 10.4. The smallest absolute Gasteiger partial charge is 0.377 e. The fourth-order valence-electron chi connectivity index (χ4n) is 1.62. The third kappa shape index (κ3) is 6.67. The molecule has 112 valence electrons. The molecule has 0 saturated heterocycles. The summed E-state index contributed by atoms with van der Waals surface area (Å²) >= 11 is 0. The van der Waals surface area contributed by atoms with E-state index < -0.39 is 8.80 Å². The molecule has 0 radical (unpaired) electrons. The highest BCUT2D eigenvalue weighted by Crippen LogP contribution is 2.13. The first-order chi connectivity index (χ1) is 8.90. The van der Waals surface area contributed by atoms with Crippen molar-refractivity contribution in [3.63, 3.8) is 0 Å². The van der Waals surface area contributed by atoms with Gasteiger partial charge in [-0.05, 0) is 0 Å². The molecule has 0 aromatic carbocycles. The molecule has 0 bridgehead atoms. The number of hydrogen-bond acceptors (Lipinski definition) is 5. The van der Waals surface area contributed by atoms with Crippen molar-refractivity contribution in [1.29, 1.82) is 0 Å². The second-order valence-corrected chi connectivity index (χ2v) is 7.13. The van der Waals surface area contributed by atoms with Crippen LogP contribution in [0.15, 0.2) is 0 Å². The number of nitrogens with zero attached hydrogens (tertiary/aromatic N) is 1. The zero-order valence-corrected chi connectivity index (χ0v) is 13.3. The standard InChI is InChI=1S/C11H24N2O5Si/c1-10(14)12-6-7-13(11(2)15)8-9-19(16-3,17-4)18-5/h6-9H2,1-5H3,(H,12,14). The second-order valence-electron chi connectivity index (χ2n) is 4.03. The molecule has 0 spiro atoms. The maximum Gasteiger partial charge on any atom is 0.501 e. The summed E-state index contributed by atoms with van der Waals surface area (Å²) in [6.45, 7) is 4.28. The lowest BCUT2D eigenvalue weighted by Gasteiger charge is -2.28. The molecule has 0 aromatic heterocycles. The molecule has 0 unspecified atom stereocenters. The molecule has 0 aliphatic heterocycles.